The fourth-order valence-electron chi connectivity index (χ4n) is 1.53. The zero-order valence-electron chi connectivity index (χ0n) is 8.40. The van der Waals surface area contributed by atoms with Crippen LogP contribution in [0.15, 0.2) is 17.5 Å². The summed E-state index contributed by atoms with van der Waals surface area (Å²) < 4.78 is 0.813. The van der Waals surface area contributed by atoms with E-state index in [4.69, 9.17) is 0 Å². The van der Waals surface area contributed by atoms with Gasteiger partial charge in [0.2, 0.25) is 11.8 Å². The zero-order chi connectivity index (χ0) is 11.5. The Labute approximate surface area is 111 Å². The molecule has 1 aromatic heterocycles. The summed E-state index contributed by atoms with van der Waals surface area (Å²) in [5.74, 6) is -0.168. The highest BCUT2D eigenvalue weighted by Crippen LogP contribution is 2.12. The van der Waals surface area contributed by atoms with Crippen LogP contribution in [0.4, 0.5) is 0 Å². The van der Waals surface area contributed by atoms with Gasteiger partial charge in [0.05, 0.1) is 12.5 Å². The highest BCUT2D eigenvalue weighted by Gasteiger charge is 2.39. The number of alkyl halides is 1. The van der Waals surface area contributed by atoms with Gasteiger partial charge in [-0.15, -0.1) is 11.3 Å². The average Bonchev–Trinajstić information content (AvgIpc) is 2.75. The van der Waals surface area contributed by atoms with Gasteiger partial charge in [0, 0.05) is 9.30 Å². The van der Waals surface area contributed by atoms with Crippen LogP contribution in [0, 0.1) is 0 Å². The molecule has 0 spiro atoms. The van der Waals surface area contributed by atoms with Crippen molar-refractivity contribution in [2.45, 2.75) is 18.5 Å². The van der Waals surface area contributed by atoms with Crippen LogP contribution in [-0.2, 0) is 16.0 Å². The van der Waals surface area contributed by atoms with E-state index in [2.05, 4.69) is 33.2 Å². The molecule has 6 heteroatoms. The van der Waals surface area contributed by atoms with E-state index in [9.17, 15) is 9.59 Å². The third-order valence-corrected chi connectivity index (χ3v) is 4.24. The Bertz CT molecular complexity index is 394. The van der Waals surface area contributed by atoms with Crippen molar-refractivity contribution in [3.8, 4) is 0 Å². The average molecular weight is 350 g/mol. The molecule has 4 nitrogen and oxygen atoms in total. The number of halogens is 1. The quantitative estimate of drug-likeness (QED) is 0.477. The highest BCUT2D eigenvalue weighted by atomic mass is 127. The summed E-state index contributed by atoms with van der Waals surface area (Å²) in [6.07, 6.45) is 0.357. The van der Waals surface area contributed by atoms with Gasteiger partial charge in [0.25, 0.3) is 0 Å². The van der Waals surface area contributed by atoms with Crippen LogP contribution in [0.5, 0.6) is 0 Å². The van der Waals surface area contributed by atoms with Crippen molar-refractivity contribution in [2.75, 3.05) is 4.43 Å². The van der Waals surface area contributed by atoms with E-state index in [0.29, 0.717) is 6.42 Å². The second-order valence-electron chi connectivity index (χ2n) is 3.57. The van der Waals surface area contributed by atoms with Gasteiger partial charge in [0.15, 0.2) is 0 Å². The van der Waals surface area contributed by atoms with Gasteiger partial charge in [-0.2, -0.15) is 0 Å². The van der Waals surface area contributed by atoms with E-state index in [1.165, 1.54) is 0 Å². The zero-order valence-corrected chi connectivity index (χ0v) is 11.4. The molecule has 1 aliphatic heterocycles. The Hall–Kier alpha value is -0.630. The molecule has 1 aromatic rings. The molecule has 16 heavy (non-hydrogen) atoms. The number of hydrogen-bond donors (Lipinski definition) is 2. The lowest BCUT2D eigenvalue weighted by Gasteiger charge is -2.35. The minimum Gasteiger partial charge on any atom is -0.348 e. The van der Waals surface area contributed by atoms with E-state index in [-0.39, 0.29) is 23.9 Å². The van der Waals surface area contributed by atoms with Gasteiger partial charge in [-0.3, -0.25) is 9.59 Å². The maximum Gasteiger partial charge on any atom is 0.245 e. The fraction of sp³-hybridized carbons (Fsp3) is 0.400. The summed E-state index contributed by atoms with van der Waals surface area (Å²) in [6, 6.07) is 3.57. The van der Waals surface area contributed by atoms with Crippen LogP contribution in [0.2, 0.25) is 0 Å². The minimum atomic E-state index is -0.343. The first-order valence-electron chi connectivity index (χ1n) is 4.89. The predicted molar refractivity (Wildman–Crippen MR) is 70.8 cm³/mol. The Morgan fingerprint density at radius 1 is 1.62 bits per heavy atom. The van der Waals surface area contributed by atoms with Gasteiger partial charge >= 0.3 is 0 Å². The molecular formula is C10H11IN2O2S. The molecule has 1 saturated heterocycles. The topological polar surface area (TPSA) is 58.2 Å². The Balaban J connectivity index is 1.85. The Morgan fingerprint density at radius 3 is 3.00 bits per heavy atom. The summed E-state index contributed by atoms with van der Waals surface area (Å²) in [4.78, 5) is 23.9. The molecule has 0 radical (unpaired) electrons. The molecule has 0 aromatic carbocycles. The molecule has 0 aliphatic carbocycles. The van der Waals surface area contributed by atoms with E-state index in [0.717, 1.165) is 9.30 Å². The van der Waals surface area contributed by atoms with Gasteiger partial charge in [-0.25, -0.2) is 0 Å². The molecular weight excluding hydrogens is 339 g/mol. The smallest absolute Gasteiger partial charge is 0.245 e. The fourth-order valence-corrected chi connectivity index (χ4v) is 2.96. The molecule has 2 N–H and O–H groups in total. The molecule has 2 rings (SSSR count). The van der Waals surface area contributed by atoms with Crippen molar-refractivity contribution in [2.24, 2.45) is 0 Å². The maximum absolute atomic E-state index is 11.6. The number of hydrogen-bond acceptors (Lipinski definition) is 3. The van der Waals surface area contributed by atoms with Gasteiger partial charge in [-0.1, -0.05) is 28.7 Å². The van der Waals surface area contributed by atoms with Crippen molar-refractivity contribution >= 4 is 45.7 Å². The third kappa shape index (κ3) is 2.54. The number of rotatable bonds is 4. The van der Waals surface area contributed by atoms with E-state index >= 15 is 0 Å². The number of amides is 2. The third-order valence-electron chi connectivity index (χ3n) is 2.41. The number of carbonyl (C=O) groups is 2. The standard InChI is InChI=1S/C10H11IN2O2S/c11-5-7-9(10(15)12-7)13-8(14)4-6-2-1-3-16-6/h1-3,7,9H,4-5H2,(H,12,15)(H,13,14)/t7-,9+/m1/s1. The Kier molecular flexibility index (Phi) is 3.80. The van der Waals surface area contributed by atoms with E-state index in [1.54, 1.807) is 11.3 Å². The van der Waals surface area contributed by atoms with E-state index in [1.807, 2.05) is 17.5 Å². The van der Waals surface area contributed by atoms with E-state index < -0.39 is 0 Å². The first-order chi connectivity index (χ1) is 7.70. The SMILES string of the molecule is O=C(Cc1cccs1)N[C@@H]1C(=O)N[C@@H]1CI. The number of carbonyl (C=O) groups excluding carboxylic acids is 2. The van der Waals surface area contributed by atoms with Crippen molar-refractivity contribution < 1.29 is 9.59 Å². The summed E-state index contributed by atoms with van der Waals surface area (Å²) in [6.45, 7) is 0. The van der Waals surface area contributed by atoms with Gasteiger partial charge in [0.1, 0.15) is 6.04 Å². The molecule has 0 bridgehead atoms. The molecule has 0 unspecified atom stereocenters. The largest absolute Gasteiger partial charge is 0.348 e. The molecule has 0 saturated carbocycles. The summed E-state index contributed by atoms with van der Waals surface area (Å²) in [5.41, 5.74) is 0. The van der Waals surface area contributed by atoms with Crippen molar-refractivity contribution in [1.82, 2.24) is 10.6 Å². The van der Waals surface area contributed by atoms with Gasteiger partial charge in [-0.05, 0) is 11.4 Å². The second kappa shape index (κ2) is 5.13. The molecule has 2 atom stereocenters. The minimum absolute atomic E-state index is 0.0822. The molecule has 86 valence electrons. The molecule has 1 aliphatic rings. The number of thiophene rings is 1. The van der Waals surface area contributed by atoms with Crippen LogP contribution in [0.25, 0.3) is 0 Å². The lowest BCUT2D eigenvalue weighted by Crippen LogP contribution is -2.69. The van der Waals surface area contributed by atoms with Crippen LogP contribution in [0.3, 0.4) is 0 Å². The van der Waals surface area contributed by atoms with Crippen LogP contribution in [0.1, 0.15) is 4.88 Å². The van der Waals surface area contributed by atoms with Crippen LogP contribution in [-0.4, -0.2) is 28.3 Å². The first kappa shape index (κ1) is 11.8. The summed E-state index contributed by atoms with van der Waals surface area (Å²) in [5, 5.41) is 7.44. The molecule has 1 fully saturated rings. The Morgan fingerprint density at radius 2 is 2.44 bits per heavy atom. The highest BCUT2D eigenvalue weighted by molar-refractivity contribution is 14.1. The lowest BCUT2D eigenvalue weighted by molar-refractivity contribution is -0.135. The molecule has 2 amide bonds. The molecule has 2 heterocycles. The monoisotopic (exact) mass is 350 g/mol. The summed E-state index contributed by atoms with van der Waals surface area (Å²) in [7, 11) is 0. The lowest BCUT2D eigenvalue weighted by atomic mass is 10.0. The normalized spacial score (nSPS) is 23.4. The maximum atomic E-state index is 11.6. The number of nitrogens with one attached hydrogen (secondary N) is 2. The summed E-state index contributed by atoms with van der Waals surface area (Å²) >= 11 is 3.74. The van der Waals surface area contributed by atoms with Crippen molar-refractivity contribution in [1.29, 1.82) is 0 Å². The van der Waals surface area contributed by atoms with Crippen LogP contribution < -0.4 is 10.6 Å². The van der Waals surface area contributed by atoms with Crippen molar-refractivity contribution in [3.63, 3.8) is 0 Å². The second-order valence-corrected chi connectivity index (χ2v) is 5.48. The van der Waals surface area contributed by atoms with Crippen LogP contribution >= 0.6 is 33.9 Å². The number of β-lactam (4-membered cyclic amide) rings is 1. The van der Waals surface area contributed by atoms with Gasteiger partial charge < -0.3 is 10.6 Å². The van der Waals surface area contributed by atoms with Crippen molar-refractivity contribution in [3.05, 3.63) is 22.4 Å². The first-order valence-corrected chi connectivity index (χ1v) is 7.29. The predicted octanol–water partition coefficient (Wildman–Crippen LogP) is 0.709.